The Balaban J connectivity index is 3.28. The second-order valence-electron chi connectivity index (χ2n) is 3.38. The maximum absolute atomic E-state index is 11.8. The van der Waals surface area contributed by atoms with Crippen molar-refractivity contribution in [2.45, 2.75) is 13.8 Å². The number of carbonyl (C=O) groups excluding carboxylic acids is 2. The third-order valence-electron chi connectivity index (χ3n) is 2.29. The van der Waals surface area contributed by atoms with E-state index in [9.17, 15) is 9.59 Å². The van der Waals surface area contributed by atoms with Crippen LogP contribution in [0.3, 0.4) is 0 Å². The van der Waals surface area contributed by atoms with Crippen molar-refractivity contribution in [3.63, 3.8) is 0 Å². The predicted molar refractivity (Wildman–Crippen MR) is 65.8 cm³/mol. The molecule has 0 aliphatic rings. The van der Waals surface area contributed by atoms with Gasteiger partial charge in [-0.25, -0.2) is 9.59 Å². The highest BCUT2D eigenvalue weighted by molar-refractivity contribution is 6.01. The molecule has 106 valence electrons. The lowest BCUT2D eigenvalue weighted by molar-refractivity contribution is 0.0515. The lowest BCUT2D eigenvalue weighted by atomic mass is 10.2. The molecule has 1 aromatic rings. The van der Waals surface area contributed by atoms with Crippen molar-refractivity contribution in [3.8, 4) is 11.6 Å². The molecule has 1 N–H and O–H groups in total. The maximum atomic E-state index is 11.8. The molecular weight excluding hydrogens is 254 g/mol. The van der Waals surface area contributed by atoms with Crippen LogP contribution in [0, 0.1) is 0 Å². The fourth-order valence-electron chi connectivity index (χ4n) is 1.55. The molecule has 0 bridgehead atoms. The summed E-state index contributed by atoms with van der Waals surface area (Å²) in [5.41, 5.74) is 0.0548. The zero-order valence-corrected chi connectivity index (χ0v) is 11.4. The molecule has 0 saturated carbocycles. The number of aromatic amines is 1. The van der Waals surface area contributed by atoms with Crippen LogP contribution in [0.4, 0.5) is 0 Å². The van der Waals surface area contributed by atoms with Gasteiger partial charge in [0, 0.05) is 0 Å². The third kappa shape index (κ3) is 2.98. The SMILES string of the molecule is CCOC(=O)c1[nH]c(OC)c(C(=O)OCC)c1OC. The number of nitrogens with one attached hydrogen (secondary N) is 1. The van der Waals surface area contributed by atoms with Crippen molar-refractivity contribution in [2.75, 3.05) is 27.4 Å². The summed E-state index contributed by atoms with van der Waals surface area (Å²) in [6.45, 7) is 3.76. The number of esters is 2. The Kier molecular flexibility index (Phi) is 5.23. The topological polar surface area (TPSA) is 86.9 Å². The van der Waals surface area contributed by atoms with Crippen LogP contribution < -0.4 is 9.47 Å². The largest absolute Gasteiger partial charge is 0.493 e. The van der Waals surface area contributed by atoms with Crippen molar-refractivity contribution in [2.24, 2.45) is 0 Å². The molecule has 0 radical (unpaired) electrons. The molecule has 1 heterocycles. The molecule has 0 unspecified atom stereocenters. The van der Waals surface area contributed by atoms with Crippen LogP contribution in [-0.2, 0) is 9.47 Å². The molecule has 1 rings (SSSR count). The summed E-state index contributed by atoms with van der Waals surface area (Å²) in [5, 5.41) is 0. The monoisotopic (exact) mass is 271 g/mol. The molecule has 0 saturated heterocycles. The summed E-state index contributed by atoms with van der Waals surface area (Å²) in [5.74, 6) is -1.12. The molecule has 0 aliphatic carbocycles. The summed E-state index contributed by atoms with van der Waals surface area (Å²) in [6, 6.07) is 0. The second kappa shape index (κ2) is 6.67. The van der Waals surface area contributed by atoms with Crippen molar-refractivity contribution in [1.82, 2.24) is 4.98 Å². The first-order valence-corrected chi connectivity index (χ1v) is 5.78. The Morgan fingerprint density at radius 1 is 1.00 bits per heavy atom. The van der Waals surface area contributed by atoms with E-state index in [-0.39, 0.29) is 36.1 Å². The van der Waals surface area contributed by atoms with E-state index in [1.54, 1.807) is 13.8 Å². The van der Waals surface area contributed by atoms with Crippen LogP contribution in [0.1, 0.15) is 34.7 Å². The van der Waals surface area contributed by atoms with Crippen LogP contribution in [0.25, 0.3) is 0 Å². The number of hydrogen-bond acceptors (Lipinski definition) is 6. The van der Waals surface area contributed by atoms with E-state index in [2.05, 4.69) is 4.98 Å². The number of rotatable bonds is 6. The average molecular weight is 271 g/mol. The van der Waals surface area contributed by atoms with E-state index in [4.69, 9.17) is 18.9 Å². The molecule has 0 fully saturated rings. The molecule has 7 nitrogen and oxygen atoms in total. The Labute approximate surface area is 110 Å². The lowest BCUT2D eigenvalue weighted by Gasteiger charge is -2.05. The fourth-order valence-corrected chi connectivity index (χ4v) is 1.55. The van der Waals surface area contributed by atoms with Gasteiger partial charge in [-0.3, -0.25) is 0 Å². The second-order valence-corrected chi connectivity index (χ2v) is 3.38. The Hall–Kier alpha value is -2.18. The van der Waals surface area contributed by atoms with Gasteiger partial charge in [-0.15, -0.1) is 0 Å². The number of H-pyrrole nitrogens is 1. The Morgan fingerprint density at radius 3 is 2.05 bits per heavy atom. The first-order chi connectivity index (χ1) is 9.10. The minimum atomic E-state index is -0.636. The van der Waals surface area contributed by atoms with Gasteiger partial charge >= 0.3 is 11.9 Å². The average Bonchev–Trinajstić information content (AvgIpc) is 2.77. The van der Waals surface area contributed by atoms with Gasteiger partial charge in [0.25, 0.3) is 0 Å². The molecule has 0 aliphatic heterocycles. The maximum Gasteiger partial charge on any atom is 0.358 e. The van der Waals surface area contributed by atoms with Gasteiger partial charge in [0.2, 0.25) is 5.88 Å². The number of carbonyl (C=O) groups is 2. The first-order valence-electron chi connectivity index (χ1n) is 5.78. The lowest BCUT2D eigenvalue weighted by Crippen LogP contribution is -2.09. The van der Waals surface area contributed by atoms with Gasteiger partial charge in [0.1, 0.15) is 0 Å². The molecule has 1 aromatic heterocycles. The Morgan fingerprint density at radius 2 is 1.58 bits per heavy atom. The van der Waals surface area contributed by atoms with Crippen LogP contribution in [-0.4, -0.2) is 44.4 Å². The standard InChI is InChI=1S/C12H17NO6/c1-5-18-11(14)7-9(16-3)8(12(15)19-6-2)13-10(7)17-4/h13H,5-6H2,1-4H3. The quantitative estimate of drug-likeness (QED) is 0.787. The third-order valence-corrected chi connectivity index (χ3v) is 2.29. The van der Waals surface area contributed by atoms with Crippen LogP contribution in [0.2, 0.25) is 0 Å². The van der Waals surface area contributed by atoms with Gasteiger partial charge in [-0.2, -0.15) is 0 Å². The predicted octanol–water partition coefficient (Wildman–Crippen LogP) is 1.39. The van der Waals surface area contributed by atoms with E-state index in [1.807, 2.05) is 0 Å². The van der Waals surface area contributed by atoms with Crippen LogP contribution >= 0.6 is 0 Å². The van der Waals surface area contributed by atoms with Gasteiger partial charge in [-0.1, -0.05) is 0 Å². The summed E-state index contributed by atoms with van der Waals surface area (Å²) < 4.78 is 19.9. The summed E-state index contributed by atoms with van der Waals surface area (Å²) in [4.78, 5) is 26.2. The molecule has 0 atom stereocenters. The highest BCUT2D eigenvalue weighted by Gasteiger charge is 2.30. The van der Waals surface area contributed by atoms with Gasteiger partial charge in [0.15, 0.2) is 17.0 Å². The number of aromatic nitrogens is 1. The Bertz CT molecular complexity index is 465. The highest BCUT2D eigenvalue weighted by atomic mass is 16.5. The molecule has 0 aromatic carbocycles. The smallest absolute Gasteiger partial charge is 0.358 e. The minimum absolute atomic E-state index is 0.0178. The molecule has 7 heteroatoms. The van der Waals surface area contributed by atoms with Crippen molar-refractivity contribution in [1.29, 1.82) is 0 Å². The van der Waals surface area contributed by atoms with E-state index >= 15 is 0 Å². The van der Waals surface area contributed by atoms with E-state index in [1.165, 1.54) is 14.2 Å². The summed E-state index contributed by atoms with van der Waals surface area (Å²) in [7, 11) is 2.71. The molecule has 0 spiro atoms. The molecular formula is C12H17NO6. The molecule has 19 heavy (non-hydrogen) atoms. The van der Waals surface area contributed by atoms with Crippen molar-refractivity contribution in [3.05, 3.63) is 11.3 Å². The fraction of sp³-hybridized carbons (Fsp3) is 0.500. The van der Waals surface area contributed by atoms with Gasteiger partial charge in [0.05, 0.1) is 27.4 Å². The van der Waals surface area contributed by atoms with Crippen molar-refractivity contribution >= 4 is 11.9 Å². The van der Waals surface area contributed by atoms with Gasteiger partial charge < -0.3 is 23.9 Å². The zero-order valence-electron chi connectivity index (χ0n) is 11.4. The van der Waals surface area contributed by atoms with Crippen LogP contribution in [0.15, 0.2) is 0 Å². The number of hydrogen-bond donors (Lipinski definition) is 1. The molecule has 0 amide bonds. The summed E-state index contributed by atoms with van der Waals surface area (Å²) >= 11 is 0. The zero-order chi connectivity index (χ0) is 14.4. The number of methoxy groups -OCH3 is 2. The minimum Gasteiger partial charge on any atom is -0.493 e. The van der Waals surface area contributed by atoms with Gasteiger partial charge in [-0.05, 0) is 13.8 Å². The number of ether oxygens (including phenoxy) is 4. The van der Waals surface area contributed by atoms with Crippen LogP contribution in [0.5, 0.6) is 11.6 Å². The highest BCUT2D eigenvalue weighted by Crippen LogP contribution is 2.33. The van der Waals surface area contributed by atoms with Crippen molar-refractivity contribution < 1.29 is 28.5 Å². The summed E-state index contributed by atoms with van der Waals surface area (Å²) in [6.07, 6.45) is 0. The first kappa shape index (κ1) is 14.9. The van der Waals surface area contributed by atoms with E-state index in [0.29, 0.717) is 0 Å². The van der Waals surface area contributed by atoms with E-state index < -0.39 is 11.9 Å². The van der Waals surface area contributed by atoms with E-state index in [0.717, 1.165) is 0 Å². The normalized spacial score (nSPS) is 9.89.